The Balaban J connectivity index is 1.82. The molecule has 19 heavy (non-hydrogen) atoms. The van der Waals surface area contributed by atoms with E-state index in [1.807, 2.05) is 0 Å². The number of anilines is 2. The van der Waals surface area contributed by atoms with E-state index in [4.69, 9.17) is 16.2 Å². The van der Waals surface area contributed by atoms with Crippen molar-refractivity contribution in [3.63, 3.8) is 0 Å². The molecule has 0 aliphatic carbocycles. The maximum Gasteiger partial charge on any atom is 0.207 e. The molecule has 1 aromatic rings. The summed E-state index contributed by atoms with van der Waals surface area (Å²) in [4.78, 5) is 11.2. The molecule has 1 aromatic carbocycles. The molecular weight excluding hydrogens is 242 g/mol. The van der Waals surface area contributed by atoms with Gasteiger partial charge in [-0.1, -0.05) is 6.07 Å². The predicted octanol–water partition coefficient (Wildman–Crippen LogP) is 0.849. The molecule has 5 nitrogen and oxygen atoms in total. The Kier molecular flexibility index (Phi) is 3.06. The summed E-state index contributed by atoms with van der Waals surface area (Å²) in [5.74, 6) is 0.325. The van der Waals surface area contributed by atoms with E-state index in [1.54, 1.807) is 18.2 Å². The third kappa shape index (κ3) is 2.14. The van der Waals surface area contributed by atoms with Crippen LogP contribution in [0.3, 0.4) is 0 Å². The highest BCUT2D eigenvalue weighted by molar-refractivity contribution is 5.70. The molecule has 1 radical (unpaired) electrons. The molecule has 4 unspecified atom stereocenters. The Bertz CT molecular complexity index is 492. The molecule has 0 saturated carbocycles. The van der Waals surface area contributed by atoms with Crippen LogP contribution in [0.1, 0.15) is 19.3 Å². The van der Waals surface area contributed by atoms with Gasteiger partial charge >= 0.3 is 0 Å². The summed E-state index contributed by atoms with van der Waals surface area (Å²) < 4.78 is 5.94. The minimum Gasteiger partial charge on any atom is -0.487 e. The van der Waals surface area contributed by atoms with Crippen LogP contribution in [0.15, 0.2) is 18.2 Å². The third-order valence-corrected chi connectivity index (χ3v) is 4.14. The van der Waals surface area contributed by atoms with Crippen molar-refractivity contribution in [2.45, 2.75) is 37.5 Å². The zero-order valence-corrected chi connectivity index (χ0v) is 10.6. The Hall–Kier alpha value is -1.75. The van der Waals surface area contributed by atoms with Crippen LogP contribution < -0.4 is 21.5 Å². The standard InChI is InChI=1S/C14H18N3O2/c15-10-2-1-3-12(14(10)16)19-13-6-8-4-5-11(17-8)9(13)7-18/h1-3,8-9,11,13,17H,4-6,15-16H2. The molecule has 4 atom stereocenters. The molecule has 0 aromatic heterocycles. The lowest BCUT2D eigenvalue weighted by Gasteiger charge is -2.34. The van der Waals surface area contributed by atoms with Gasteiger partial charge < -0.3 is 21.5 Å². The van der Waals surface area contributed by atoms with Crippen molar-refractivity contribution in [3.05, 3.63) is 18.2 Å². The second-order valence-corrected chi connectivity index (χ2v) is 5.34. The van der Waals surface area contributed by atoms with E-state index in [0.29, 0.717) is 23.2 Å². The number of piperidine rings is 1. The number of benzene rings is 1. The number of nitrogens with two attached hydrogens (primary N) is 2. The van der Waals surface area contributed by atoms with Crippen LogP contribution in [0.5, 0.6) is 5.75 Å². The highest BCUT2D eigenvalue weighted by Crippen LogP contribution is 2.35. The Labute approximate surface area is 112 Å². The zero-order chi connectivity index (χ0) is 13.4. The number of hydrogen-bond donors (Lipinski definition) is 3. The first-order valence-electron chi connectivity index (χ1n) is 6.63. The lowest BCUT2D eigenvalue weighted by molar-refractivity contribution is 0.106. The summed E-state index contributed by atoms with van der Waals surface area (Å²) in [6.45, 7) is 0. The number of rotatable bonds is 3. The Morgan fingerprint density at radius 1 is 1.32 bits per heavy atom. The molecule has 2 aliphatic rings. The van der Waals surface area contributed by atoms with Crippen molar-refractivity contribution in [3.8, 4) is 5.75 Å². The van der Waals surface area contributed by atoms with Crippen LogP contribution in [0.4, 0.5) is 11.4 Å². The van der Waals surface area contributed by atoms with E-state index >= 15 is 0 Å². The Morgan fingerprint density at radius 2 is 2.16 bits per heavy atom. The molecule has 5 heteroatoms. The van der Waals surface area contributed by atoms with Gasteiger partial charge in [0.25, 0.3) is 0 Å². The van der Waals surface area contributed by atoms with Gasteiger partial charge in [-0.3, -0.25) is 4.79 Å². The van der Waals surface area contributed by atoms with Crippen LogP contribution in [-0.2, 0) is 4.79 Å². The van der Waals surface area contributed by atoms with Crippen molar-refractivity contribution in [2.75, 3.05) is 11.5 Å². The molecule has 2 aliphatic heterocycles. The average Bonchev–Trinajstić information content (AvgIpc) is 2.78. The zero-order valence-electron chi connectivity index (χ0n) is 10.6. The fraction of sp³-hybridized carbons (Fsp3) is 0.500. The second kappa shape index (κ2) is 4.74. The van der Waals surface area contributed by atoms with Gasteiger partial charge in [0.15, 0.2) is 0 Å². The van der Waals surface area contributed by atoms with Crippen LogP contribution in [0, 0.1) is 5.92 Å². The van der Waals surface area contributed by atoms with E-state index in [1.165, 1.54) is 0 Å². The van der Waals surface area contributed by atoms with E-state index in [2.05, 4.69) is 11.6 Å². The summed E-state index contributed by atoms with van der Waals surface area (Å²) in [5, 5.41) is 3.43. The summed E-state index contributed by atoms with van der Waals surface area (Å²) in [7, 11) is 0. The molecule has 101 valence electrons. The van der Waals surface area contributed by atoms with Crippen LogP contribution in [0.25, 0.3) is 0 Å². The van der Waals surface area contributed by atoms with E-state index in [0.717, 1.165) is 19.3 Å². The highest BCUT2D eigenvalue weighted by Gasteiger charge is 2.43. The highest BCUT2D eigenvalue weighted by atomic mass is 16.5. The minimum atomic E-state index is -0.236. The molecular formula is C14H18N3O2. The Morgan fingerprint density at radius 3 is 2.95 bits per heavy atom. The number of hydrogen-bond acceptors (Lipinski definition) is 5. The first kappa shape index (κ1) is 12.3. The number of ether oxygens (including phenoxy) is 1. The van der Waals surface area contributed by atoms with Crippen LogP contribution in [0.2, 0.25) is 0 Å². The van der Waals surface area contributed by atoms with Crippen molar-refractivity contribution in [1.29, 1.82) is 0 Å². The van der Waals surface area contributed by atoms with Crippen LogP contribution in [-0.4, -0.2) is 24.5 Å². The predicted molar refractivity (Wildman–Crippen MR) is 73.4 cm³/mol. The fourth-order valence-corrected chi connectivity index (χ4v) is 3.11. The number of para-hydroxylation sites is 1. The number of nitrogens with one attached hydrogen (secondary N) is 1. The summed E-state index contributed by atoms with van der Waals surface area (Å²) >= 11 is 0. The van der Waals surface area contributed by atoms with Gasteiger partial charge in [0.2, 0.25) is 6.29 Å². The van der Waals surface area contributed by atoms with Gasteiger partial charge in [-0.15, -0.1) is 0 Å². The molecule has 0 spiro atoms. The summed E-state index contributed by atoms with van der Waals surface area (Å²) in [5.41, 5.74) is 12.6. The van der Waals surface area contributed by atoms with Gasteiger partial charge in [0.1, 0.15) is 11.9 Å². The third-order valence-electron chi connectivity index (χ3n) is 4.14. The fourth-order valence-electron chi connectivity index (χ4n) is 3.11. The quantitative estimate of drug-likeness (QED) is 0.701. The molecule has 2 bridgehead atoms. The maximum absolute atomic E-state index is 11.2. The van der Waals surface area contributed by atoms with E-state index in [9.17, 15) is 4.79 Å². The van der Waals surface area contributed by atoms with Crippen molar-refractivity contribution >= 4 is 17.7 Å². The lowest BCUT2D eigenvalue weighted by Crippen LogP contribution is -2.50. The normalized spacial score (nSPS) is 33.1. The average molecular weight is 260 g/mol. The topological polar surface area (TPSA) is 90.4 Å². The van der Waals surface area contributed by atoms with Crippen LogP contribution >= 0.6 is 0 Å². The summed E-state index contributed by atoms with van der Waals surface area (Å²) in [6.07, 6.45) is 4.87. The van der Waals surface area contributed by atoms with Gasteiger partial charge in [0.05, 0.1) is 17.3 Å². The molecule has 3 rings (SSSR count). The largest absolute Gasteiger partial charge is 0.487 e. The molecule has 0 amide bonds. The molecule has 2 fully saturated rings. The van der Waals surface area contributed by atoms with Gasteiger partial charge in [-0.2, -0.15) is 0 Å². The molecule has 2 saturated heterocycles. The van der Waals surface area contributed by atoms with Gasteiger partial charge in [-0.05, 0) is 25.0 Å². The number of carbonyl (C=O) groups excluding carboxylic acids is 1. The summed E-state index contributed by atoms with van der Waals surface area (Å²) in [6, 6.07) is 5.94. The first-order valence-corrected chi connectivity index (χ1v) is 6.63. The molecule has 2 heterocycles. The number of nitrogen functional groups attached to an aromatic ring is 2. The van der Waals surface area contributed by atoms with Gasteiger partial charge in [-0.25, -0.2) is 0 Å². The SMILES string of the molecule is Nc1cccc(OC2CC3CCC(N3)C2[C]=O)c1N. The maximum atomic E-state index is 11.2. The minimum absolute atomic E-state index is 0.166. The number of fused-ring (bicyclic) bond motifs is 2. The van der Waals surface area contributed by atoms with Crippen molar-refractivity contribution < 1.29 is 9.53 Å². The first-order chi connectivity index (χ1) is 9.19. The van der Waals surface area contributed by atoms with Crippen molar-refractivity contribution in [1.82, 2.24) is 5.32 Å². The second-order valence-electron chi connectivity index (χ2n) is 5.34. The van der Waals surface area contributed by atoms with Gasteiger partial charge in [0, 0.05) is 18.5 Å². The lowest BCUT2D eigenvalue weighted by atomic mass is 9.90. The van der Waals surface area contributed by atoms with E-state index < -0.39 is 0 Å². The molecule has 5 N–H and O–H groups in total. The van der Waals surface area contributed by atoms with E-state index in [-0.39, 0.29) is 18.1 Å². The smallest absolute Gasteiger partial charge is 0.207 e. The van der Waals surface area contributed by atoms with Crippen molar-refractivity contribution in [2.24, 2.45) is 5.92 Å². The monoisotopic (exact) mass is 260 g/mol.